The number of benzene rings is 1. The molecule has 1 aliphatic carbocycles. The zero-order valence-corrected chi connectivity index (χ0v) is 11.1. The van der Waals surface area contributed by atoms with Crippen LogP contribution >= 0.6 is 15.9 Å². The van der Waals surface area contributed by atoms with E-state index in [4.69, 9.17) is 0 Å². The average molecular weight is 298 g/mol. The number of carboxylic acid groups (broad SMARTS) is 1. The fourth-order valence-corrected chi connectivity index (χ4v) is 2.82. The highest BCUT2D eigenvalue weighted by Gasteiger charge is 2.30. The molecule has 1 saturated carbocycles. The van der Waals surface area contributed by atoms with E-state index in [1.807, 2.05) is 24.3 Å². The number of carboxylic acids is 1. The molecule has 0 aliphatic heterocycles. The molecule has 3 nitrogen and oxygen atoms in total. The Bertz CT molecular complexity index is 402. The number of carbonyl (C=O) groups is 1. The first-order chi connectivity index (χ1) is 8.18. The normalized spacial score (nSPS) is 17.9. The standard InChI is InChI=1S/C13H16BrNO2/c14-10-7-3-4-8-11(10)15-12(13(16)17)9-5-1-2-6-9/h3-4,7-9,12,15H,1-2,5-6H2,(H,16,17). The van der Waals surface area contributed by atoms with Gasteiger partial charge in [-0.2, -0.15) is 0 Å². The molecule has 2 rings (SSSR count). The van der Waals surface area contributed by atoms with Gasteiger partial charge >= 0.3 is 5.97 Å². The molecule has 0 heterocycles. The first-order valence-corrected chi connectivity index (χ1v) is 6.71. The maximum Gasteiger partial charge on any atom is 0.326 e. The van der Waals surface area contributed by atoms with E-state index in [1.54, 1.807) is 0 Å². The Balaban J connectivity index is 2.12. The van der Waals surface area contributed by atoms with Gasteiger partial charge in [-0.1, -0.05) is 25.0 Å². The molecule has 0 amide bonds. The van der Waals surface area contributed by atoms with E-state index >= 15 is 0 Å². The van der Waals surface area contributed by atoms with E-state index in [1.165, 1.54) is 0 Å². The lowest BCUT2D eigenvalue weighted by Gasteiger charge is -2.22. The minimum Gasteiger partial charge on any atom is -0.480 e. The van der Waals surface area contributed by atoms with Crippen LogP contribution in [-0.4, -0.2) is 17.1 Å². The summed E-state index contributed by atoms with van der Waals surface area (Å²) in [5.41, 5.74) is 0.854. The van der Waals surface area contributed by atoms with Gasteiger partial charge in [0.1, 0.15) is 6.04 Å². The van der Waals surface area contributed by atoms with Crippen molar-refractivity contribution in [2.24, 2.45) is 5.92 Å². The molecule has 0 spiro atoms. The molecular formula is C13H16BrNO2. The van der Waals surface area contributed by atoms with E-state index in [0.29, 0.717) is 0 Å². The molecule has 0 aromatic heterocycles. The van der Waals surface area contributed by atoms with Crippen LogP contribution in [0.1, 0.15) is 25.7 Å². The molecule has 1 fully saturated rings. The first-order valence-electron chi connectivity index (χ1n) is 5.92. The molecule has 4 heteroatoms. The molecule has 0 radical (unpaired) electrons. The fraction of sp³-hybridized carbons (Fsp3) is 0.462. The van der Waals surface area contributed by atoms with Crippen molar-refractivity contribution in [1.29, 1.82) is 0 Å². The minimum atomic E-state index is -0.757. The summed E-state index contributed by atoms with van der Waals surface area (Å²) in [4.78, 5) is 11.3. The molecule has 1 unspecified atom stereocenters. The lowest BCUT2D eigenvalue weighted by atomic mass is 9.98. The van der Waals surface area contributed by atoms with Gasteiger partial charge in [0.2, 0.25) is 0 Å². The minimum absolute atomic E-state index is 0.250. The van der Waals surface area contributed by atoms with Crippen LogP contribution in [0.25, 0.3) is 0 Å². The summed E-state index contributed by atoms with van der Waals surface area (Å²) in [5, 5.41) is 12.5. The van der Waals surface area contributed by atoms with Crippen LogP contribution in [0.2, 0.25) is 0 Å². The molecule has 1 atom stereocenters. The zero-order valence-electron chi connectivity index (χ0n) is 9.53. The Morgan fingerprint density at radius 2 is 2.00 bits per heavy atom. The number of halogens is 1. The van der Waals surface area contributed by atoms with E-state index in [0.717, 1.165) is 35.8 Å². The first kappa shape index (κ1) is 12.4. The fourth-order valence-electron chi connectivity index (χ4n) is 2.42. The number of nitrogens with one attached hydrogen (secondary N) is 1. The van der Waals surface area contributed by atoms with E-state index in [-0.39, 0.29) is 5.92 Å². The Labute approximate surface area is 109 Å². The van der Waals surface area contributed by atoms with Crippen molar-refractivity contribution < 1.29 is 9.90 Å². The van der Waals surface area contributed by atoms with E-state index in [9.17, 15) is 9.90 Å². The monoisotopic (exact) mass is 297 g/mol. The summed E-state index contributed by atoms with van der Waals surface area (Å²) >= 11 is 3.43. The number of rotatable bonds is 4. The van der Waals surface area contributed by atoms with Gasteiger partial charge in [0, 0.05) is 10.2 Å². The summed E-state index contributed by atoms with van der Waals surface area (Å²) in [7, 11) is 0. The van der Waals surface area contributed by atoms with Gasteiger partial charge in [0.25, 0.3) is 0 Å². The predicted molar refractivity (Wildman–Crippen MR) is 71.1 cm³/mol. The third-order valence-corrected chi connectivity index (χ3v) is 4.01. The highest BCUT2D eigenvalue weighted by Crippen LogP contribution is 2.31. The molecular weight excluding hydrogens is 282 g/mol. The number of hydrogen-bond acceptors (Lipinski definition) is 2. The van der Waals surface area contributed by atoms with Gasteiger partial charge in [-0.15, -0.1) is 0 Å². The number of hydrogen-bond donors (Lipinski definition) is 2. The predicted octanol–water partition coefficient (Wildman–Crippen LogP) is 3.50. The van der Waals surface area contributed by atoms with Crippen molar-refractivity contribution in [3.05, 3.63) is 28.7 Å². The van der Waals surface area contributed by atoms with E-state index in [2.05, 4.69) is 21.2 Å². The van der Waals surface area contributed by atoms with Crippen LogP contribution in [-0.2, 0) is 4.79 Å². The van der Waals surface area contributed by atoms with Crippen LogP contribution in [0.4, 0.5) is 5.69 Å². The number of para-hydroxylation sites is 1. The quantitative estimate of drug-likeness (QED) is 0.894. The molecule has 0 saturated heterocycles. The van der Waals surface area contributed by atoms with Gasteiger partial charge in [0.15, 0.2) is 0 Å². The van der Waals surface area contributed by atoms with Crippen molar-refractivity contribution in [3.8, 4) is 0 Å². The second-order valence-corrected chi connectivity index (χ2v) is 5.34. The number of anilines is 1. The van der Waals surface area contributed by atoms with Crippen LogP contribution in [0, 0.1) is 5.92 Å². The largest absolute Gasteiger partial charge is 0.480 e. The van der Waals surface area contributed by atoms with Crippen molar-refractivity contribution in [1.82, 2.24) is 0 Å². The zero-order chi connectivity index (χ0) is 12.3. The topological polar surface area (TPSA) is 49.3 Å². The van der Waals surface area contributed by atoms with Gasteiger partial charge in [-0.3, -0.25) is 0 Å². The van der Waals surface area contributed by atoms with Crippen molar-refractivity contribution >= 4 is 27.6 Å². The highest BCUT2D eigenvalue weighted by atomic mass is 79.9. The van der Waals surface area contributed by atoms with Gasteiger partial charge < -0.3 is 10.4 Å². The van der Waals surface area contributed by atoms with Crippen molar-refractivity contribution in [2.45, 2.75) is 31.7 Å². The Kier molecular flexibility index (Phi) is 4.05. The summed E-state index contributed by atoms with van der Waals surface area (Å²) in [5.74, 6) is -0.507. The SMILES string of the molecule is O=C(O)C(Nc1ccccc1Br)C1CCCC1. The van der Waals surface area contributed by atoms with Crippen LogP contribution < -0.4 is 5.32 Å². The summed E-state index contributed by atoms with van der Waals surface area (Å²) in [6.07, 6.45) is 4.31. The molecule has 1 aromatic carbocycles. The van der Waals surface area contributed by atoms with Crippen molar-refractivity contribution in [3.63, 3.8) is 0 Å². The summed E-state index contributed by atoms with van der Waals surface area (Å²) < 4.78 is 0.907. The molecule has 1 aromatic rings. The second kappa shape index (κ2) is 5.54. The van der Waals surface area contributed by atoms with Crippen LogP contribution in [0.3, 0.4) is 0 Å². The average Bonchev–Trinajstić information content (AvgIpc) is 2.81. The molecule has 0 bridgehead atoms. The Morgan fingerprint density at radius 3 is 2.59 bits per heavy atom. The maximum atomic E-state index is 11.3. The Morgan fingerprint density at radius 1 is 1.35 bits per heavy atom. The molecule has 17 heavy (non-hydrogen) atoms. The summed E-state index contributed by atoms with van der Waals surface area (Å²) in [6.45, 7) is 0. The molecule has 1 aliphatic rings. The number of aliphatic carboxylic acids is 1. The smallest absolute Gasteiger partial charge is 0.326 e. The molecule has 92 valence electrons. The Hall–Kier alpha value is -1.03. The lowest BCUT2D eigenvalue weighted by molar-refractivity contribution is -0.139. The third-order valence-electron chi connectivity index (χ3n) is 3.32. The lowest BCUT2D eigenvalue weighted by Crippen LogP contribution is -2.35. The van der Waals surface area contributed by atoms with Gasteiger partial charge in [0.05, 0.1) is 0 Å². The van der Waals surface area contributed by atoms with Crippen LogP contribution in [0.5, 0.6) is 0 Å². The van der Waals surface area contributed by atoms with E-state index < -0.39 is 12.0 Å². The second-order valence-electron chi connectivity index (χ2n) is 4.48. The van der Waals surface area contributed by atoms with Crippen LogP contribution in [0.15, 0.2) is 28.7 Å². The summed E-state index contributed by atoms with van der Waals surface area (Å²) in [6, 6.07) is 7.16. The molecule has 2 N–H and O–H groups in total. The maximum absolute atomic E-state index is 11.3. The third kappa shape index (κ3) is 3.00. The highest BCUT2D eigenvalue weighted by molar-refractivity contribution is 9.10. The van der Waals surface area contributed by atoms with Crippen molar-refractivity contribution in [2.75, 3.05) is 5.32 Å². The van der Waals surface area contributed by atoms with Gasteiger partial charge in [-0.25, -0.2) is 4.79 Å². The van der Waals surface area contributed by atoms with Gasteiger partial charge in [-0.05, 0) is 46.8 Å².